The van der Waals surface area contributed by atoms with Crippen LogP contribution in [0.15, 0.2) is 4.99 Å². The average molecular weight is 433 g/mol. The number of hydrogen-bond donors (Lipinski definition) is 1. The van der Waals surface area contributed by atoms with Crippen LogP contribution in [0.5, 0.6) is 0 Å². The Morgan fingerprint density at radius 2 is 1.70 bits per heavy atom. The van der Waals surface area contributed by atoms with Crippen LogP contribution in [0, 0.1) is 17.8 Å². The van der Waals surface area contributed by atoms with Gasteiger partial charge in [-0.25, -0.2) is 0 Å². The molecule has 4 unspecified atom stereocenters. The Kier molecular flexibility index (Phi) is 6.10. The topological polar surface area (TPSA) is 36.9 Å². The molecule has 4 atom stereocenters. The molecule has 1 N–H and O–H groups in total. The van der Waals surface area contributed by atoms with Crippen LogP contribution in [0.1, 0.15) is 51.9 Å². The molecule has 4 aliphatic rings. The Hall–Kier alpha value is -0.0400. The van der Waals surface area contributed by atoms with Crippen LogP contribution < -0.4 is 5.32 Å². The summed E-state index contributed by atoms with van der Waals surface area (Å²) in [6.07, 6.45) is 10.7. The number of nitrogens with zero attached hydrogens (tertiary/aromatic N) is 2. The molecule has 4 fully saturated rings. The first-order valence-corrected chi connectivity index (χ1v) is 9.54. The minimum absolute atomic E-state index is 0. The van der Waals surface area contributed by atoms with Gasteiger partial charge in [0, 0.05) is 38.0 Å². The summed E-state index contributed by atoms with van der Waals surface area (Å²) in [4.78, 5) is 7.53. The van der Waals surface area contributed by atoms with Gasteiger partial charge in [0.05, 0.1) is 12.2 Å². The molecule has 0 aromatic rings. The molecule has 4 nitrogen and oxygen atoms in total. The molecular formula is C18H32IN3O. The van der Waals surface area contributed by atoms with Crippen LogP contribution in [0.2, 0.25) is 0 Å². The summed E-state index contributed by atoms with van der Waals surface area (Å²) in [5.74, 6) is 3.51. The summed E-state index contributed by atoms with van der Waals surface area (Å²) in [6, 6.07) is 0. The van der Waals surface area contributed by atoms with Crippen molar-refractivity contribution in [3.05, 3.63) is 0 Å². The van der Waals surface area contributed by atoms with Gasteiger partial charge in [-0.15, -0.1) is 24.0 Å². The SMILES string of the molecule is CCNC(=NCC1CCCCC1)N1CC2C3CCC(O3)C2C1.I. The zero-order valence-corrected chi connectivity index (χ0v) is 16.7. The number of hydrogen-bond acceptors (Lipinski definition) is 2. The van der Waals surface area contributed by atoms with E-state index in [9.17, 15) is 0 Å². The van der Waals surface area contributed by atoms with Gasteiger partial charge in [-0.2, -0.15) is 0 Å². The Balaban J connectivity index is 0.00000156. The Bertz CT molecular complexity index is 406. The maximum Gasteiger partial charge on any atom is 0.193 e. The third-order valence-corrected chi connectivity index (χ3v) is 6.31. The van der Waals surface area contributed by atoms with Gasteiger partial charge in [-0.1, -0.05) is 19.3 Å². The van der Waals surface area contributed by atoms with E-state index in [1.165, 1.54) is 50.9 Å². The van der Waals surface area contributed by atoms with Crippen LogP contribution in [-0.4, -0.2) is 49.2 Å². The molecule has 3 saturated heterocycles. The van der Waals surface area contributed by atoms with E-state index in [1.807, 2.05) is 0 Å². The molecule has 0 amide bonds. The fourth-order valence-corrected chi connectivity index (χ4v) is 5.14. The maximum atomic E-state index is 6.10. The number of likely N-dealkylation sites (tertiary alicyclic amines) is 1. The van der Waals surface area contributed by atoms with E-state index in [-0.39, 0.29) is 24.0 Å². The van der Waals surface area contributed by atoms with Crippen LogP contribution >= 0.6 is 24.0 Å². The Labute approximate surface area is 157 Å². The monoisotopic (exact) mass is 433 g/mol. The van der Waals surface area contributed by atoms with Crippen LogP contribution in [0.25, 0.3) is 0 Å². The van der Waals surface area contributed by atoms with Gasteiger partial charge >= 0.3 is 0 Å². The molecule has 23 heavy (non-hydrogen) atoms. The molecule has 4 rings (SSSR count). The number of nitrogens with one attached hydrogen (secondary N) is 1. The van der Waals surface area contributed by atoms with Gasteiger partial charge < -0.3 is 15.0 Å². The molecule has 0 aromatic carbocycles. The molecule has 0 spiro atoms. The standard InChI is InChI=1S/C18H31N3O.HI/c1-2-19-18(20-10-13-6-4-3-5-7-13)21-11-14-15(12-21)17-9-8-16(14)22-17;/h13-17H,2-12H2,1H3,(H,19,20);1H. The molecule has 0 radical (unpaired) electrons. The van der Waals surface area contributed by atoms with Crippen molar-refractivity contribution in [1.29, 1.82) is 0 Å². The van der Waals surface area contributed by atoms with Crippen molar-refractivity contribution in [3.8, 4) is 0 Å². The van der Waals surface area contributed by atoms with E-state index in [1.54, 1.807) is 0 Å². The van der Waals surface area contributed by atoms with E-state index in [4.69, 9.17) is 9.73 Å². The third kappa shape index (κ3) is 3.65. The highest BCUT2D eigenvalue weighted by atomic mass is 127. The minimum atomic E-state index is 0. The fourth-order valence-electron chi connectivity index (χ4n) is 5.14. The van der Waals surface area contributed by atoms with Crippen molar-refractivity contribution >= 4 is 29.9 Å². The number of fused-ring (bicyclic) bond motifs is 5. The highest BCUT2D eigenvalue weighted by molar-refractivity contribution is 14.0. The molecule has 1 aliphatic carbocycles. The minimum Gasteiger partial charge on any atom is -0.374 e. The summed E-state index contributed by atoms with van der Waals surface area (Å²) in [5, 5.41) is 3.54. The third-order valence-electron chi connectivity index (χ3n) is 6.31. The average Bonchev–Trinajstić information content (AvgIpc) is 3.24. The normalized spacial score (nSPS) is 36.9. The molecule has 0 aromatic heterocycles. The lowest BCUT2D eigenvalue weighted by molar-refractivity contribution is 0.0767. The summed E-state index contributed by atoms with van der Waals surface area (Å²) in [6.45, 7) is 6.49. The van der Waals surface area contributed by atoms with Crippen LogP contribution in [0.4, 0.5) is 0 Å². The largest absolute Gasteiger partial charge is 0.374 e. The predicted molar refractivity (Wildman–Crippen MR) is 104 cm³/mol. The highest BCUT2D eigenvalue weighted by Gasteiger charge is 2.53. The van der Waals surface area contributed by atoms with E-state index in [0.29, 0.717) is 12.2 Å². The molecule has 3 heterocycles. The first kappa shape index (κ1) is 17.8. The van der Waals surface area contributed by atoms with Gasteiger partial charge in [0.2, 0.25) is 0 Å². The van der Waals surface area contributed by atoms with Gasteiger partial charge in [0.1, 0.15) is 0 Å². The van der Waals surface area contributed by atoms with Crippen molar-refractivity contribution in [2.75, 3.05) is 26.2 Å². The van der Waals surface area contributed by atoms with Gasteiger partial charge in [0.15, 0.2) is 5.96 Å². The lowest BCUT2D eigenvalue weighted by Gasteiger charge is -2.25. The fraction of sp³-hybridized carbons (Fsp3) is 0.944. The van der Waals surface area contributed by atoms with Gasteiger partial charge in [-0.3, -0.25) is 4.99 Å². The summed E-state index contributed by atoms with van der Waals surface area (Å²) < 4.78 is 6.10. The second-order valence-electron chi connectivity index (χ2n) is 7.72. The van der Waals surface area contributed by atoms with Gasteiger partial charge in [-0.05, 0) is 38.5 Å². The highest BCUT2D eigenvalue weighted by Crippen LogP contribution is 2.47. The van der Waals surface area contributed by atoms with Crippen molar-refractivity contribution in [1.82, 2.24) is 10.2 Å². The molecular weight excluding hydrogens is 401 g/mol. The summed E-state index contributed by atoms with van der Waals surface area (Å²) >= 11 is 0. The number of halogens is 1. The summed E-state index contributed by atoms with van der Waals surface area (Å²) in [5.41, 5.74) is 0. The number of aliphatic imine (C=N–C) groups is 1. The van der Waals surface area contributed by atoms with E-state index >= 15 is 0 Å². The molecule has 5 heteroatoms. The number of rotatable bonds is 3. The maximum absolute atomic E-state index is 6.10. The quantitative estimate of drug-likeness (QED) is 0.422. The molecule has 132 valence electrons. The van der Waals surface area contributed by atoms with Crippen molar-refractivity contribution in [2.24, 2.45) is 22.7 Å². The summed E-state index contributed by atoms with van der Waals surface area (Å²) in [7, 11) is 0. The van der Waals surface area contributed by atoms with Gasteiger partial charge in [0.25, 0.3) is 0 Å². The molecule has 1 saturated carbocycles. The van der Waals surface area contributed by atoms with E-state index in [0.717, 1.165) is 43.9 Å². The van der Waals surface area contributed by atoms with Crippen molar-refractivity contribution < 1.29 is 4.74 Å². The number of ether oxygens (including phenoxy) is 1. The molecule has 3 aliphatic heterocycles. The zero-order valence-electron chi connectivity index (χ0n) is 14.4. The molecule has 2 bridgehead atoms. The lowest BCUT2D eigenvalue weighted by atomic mass is 9.82. The smallest absolute Gasteiger partial charge is 0.193 e. The Morgan fingerprint density at radius 1 is 1.04 bits per heavy atom. The first-order valence-electron chi connectivity index (χ1n) is 9.54. The lowest BCUT2D eigenvalue weighted by Crippen LogP contribution is -2.41. The van der Waals surface area contributed by atoms with E-state index in [2.05, 4.69) is 17.1 Å². The van der Waals surface area contributed by atoms with E-state index < -0.39 is 0 Å². The van der Waals surface area contributed by atoms with Crippen LogP contribution in [0.3, 0.4) is 0 Å². The first-order chi connectivity index (χ1) is 10.8. The number of guanidine groups is 1. The van der Waals surface area contributed by atoms with Crippen molar-refractivity contribution in [2.45, 2.75) is 64.1 Å². The van der Waals surface area contributed by atoms with Crippen molar-refractivity contribution in [3.63, 3.8) is 0 Å². The Morgan fingerprint density at radius 3 is 2.30 bits per heavy atom. The van der Waals surface area contributed by atoms with Crippen LogP contribution in [-0.2, 0) is 4.74 Å². The zero-order chi connectivity index (χ0) is 14.9. The second kappa shape index (κ2) is 7.89. The second-order valence-corrected chi connectivity index (χ2v) is 7.72. The predicted octanol–water partition coefficient (Wildman–Crippen LogP) is 3.26.